The molecule has 4 heteroatoms. The molecule has 0 bridgehead atoms. The molecule has 1 aliphatic heterocycles. The van der Waals surface area contributed by atoms with Crippen molar-refractivity contribution in [2.45, 2.75) is 37.8 Å². The van der Waals surface area contributed by atoms with Gasteiger partial charge in [-0.05, 0) is 32.2 Å². The highest BCUT2D eigenvalue weighted by Gasteiger charge is 2.39. The Morgan fingerprint density at radius 3 is 2.50 bits per heavy atom. The van der Waals surface area contributed by atoms with Crippen molar-refractivity contribution in [3.8, 4) is 0 Å². The van der Waals surface area contributed by atoms with Crippen molar-refractivity contribution in [2.75, 3.05) is 6.54 Å². The normalized spacial score (nSPS) is 29.8. The third-order valence-electron chi connectivity index (χ3n) is 2.60. The lowest BCUT2D eigenvalue weighted by molar-refractivity contribution is -0.142. The lowest BCUT2D eigenvalue weighted by Gasteiger charge is -2.19. The van der Waals surface area contributed by atoms with Crippen LogP contribution in [0.2, 0.25) is 0 Å². The van der Waals surface area contributed by atoms with Gasteiger partial charge in [-0.1, -0.05) is 0 Å². The van der Waals surface area contributed by atoms with Crippen molar-refractivity contribution < 1.29 is 9.90 Å². The SMILES string of the molecule is Cl.O=C(O)C1CCCN1C1CC1. The molecule has 0 aromatic heterocycles. The predicted octanol–water partition coefficient (Wildman–Crippen LogP) is 1.12. The third kappa shape index (κ3) is 1.72. The van der Waals surface area contributed by atoms with Gasteiger partial charge in [-0.25, -0.2) is 0 Å². The second-order valence-electron chi connectivity index (χ2n) is 3.47. The molecule has 0 aromatic rings. The first-order valence-electron chi connectivity index (χ1n) is 4.27. The number of nitrogens with zero attached hydrogens (tertiary/aromatic N) is 1. The fourth-order valence-electron chi connectivity index (χ4n) is 1.90. The van der Waals surface area contributed by atoms with Crippen LogP contribution in [0.3, 0.4) is 0 Å². The van der Waals surface area contributed by atoms with Crippen LogP contribution in [0.1, 0.15) is 25.7 Å². The number of carbonyl (C=O) groups is 1. The van der Waals surface area contributed by atoms with Gasteiger partial charge < -0.3 is 5.11 Å². The molecule has 0 radical (unpaired) electrons. The van der Waals surface area contributed by atoms with E-state index < -0.39 is 5.97 Å². The van der Waals surface area contributed by atoms with Gasteiger partial charge in [0.1, 0.15) is 6.04 Å². The molecule has 1 saturated carbocycles. The molecule has 1 heterocycles. The van der Waals surface area contributed by atoms with Crippen LogP contribution in [-0.2, 0) is 4.79 Å². The van der Waals surface area contributed by atoms with Crippen LogP contribution in [0, 0.1) is 0 Å². The fraction of sp³-hybridized carbons (Fsp3) is 0.875. The zero-order chi connectivity index (χ0) is 7.84. The summed E-state index contributed by atoms with van der Waals surface area (Å²) in [6.07, 6.45) is 4.34. The van der Waals surface area contributed by atoms with Crippen LogP contribution in [0.15, 0.2) is 0 Å². The van der Waals surface area contributed by atoms with E-state index in [1.165, 1.54) is 12.8 Å². The molecule has 1 aliphatic carbocycles. The van der Waals surface area contributed by atoms with Crippen molar-refractivity contribution in [3.63, 3.8) is 0 Å². The van der Waals surface area contributed by atoms with E-state index in [1.807, 2.05) is 0 Å². The molecule has 0 spiro atoms. The van der Waals surface area contributed by atoms with Crippen molar-refractivity contribution in [3.05, 3.63) is 0 Å². The number of halogens is 1. The maximum atomic E-state index is 10.7. The average molecular weight is 192 g/mol. The zero-order valence-corrected chi connectivity index (χ0v) is 7.72. The fourth-order valence-corrected chi connectivity index (χ4v) is 1.90. The molecule has 1 atom stereocenters. The Morgan fingerprint density at radius 1 is 1.33 bits per heavy atom. The summed E-state index contributed by atoms with van der Waals surface area (Å²) in [5.74, 6) is -0.630. The van der Waals surface area contributed by atoms with Gasteiger partial charge in [-0.15, -0.1) is 12.4 Å². The minimum absolute atomic E-state index is 0. The minimum Gasteiger partial charge on any atom is -0.480 e. The number of aliphatic carboxylic acids is 1. The quantitative estimate of drug-likeness (QED) is 0.711. The summed E-state index contributed by atoms with van der Waals surface area (Å²) < 4.78 is 0. The number of likely N-dealkylation sites (tertiary alicyclic amines) is 1. The molecule has 0 amide bonds. The molecule has 0 aromatic carbocycles. The van der Waals surface area contributed by atoms with E-state index in [9.17, 15) is 4.79 Å². The first kappa shape index (κ1) is 9.81. The summed E-state index contributed by atoms with van der Waals surface area (Å²) in [7, 11) is 0. The van der Waals surface area contributed by atoms with Crippen LogP contribution in [0.25, 0.3) is 0 Å². The number of hydrogen-bond acceptors (Lipinski definition) is 2. The zero-order valence-electron chi connectivity index (χ0n) is 6.90. The molecule has 70 valence electrons. The number of carboxylic acid groups (broad SMARTS) is 1. The molecular weight excluding hydrogens is 178 g/mol. The maximum absolute atomic E-state index is 10.7. The minimum atomic E-state index is -0.630. The van der Waals surface area contributed by atoms with Gasteiger partial charge in [0.2, 0.25) is 0 Å². The van der Waals surface area contributed by atoms with Crippen molar-refractivity contribution >= 4 is 18.4 Å². The number of rotatable bonds is 2. The summed E-state index contributed by atoms with van der Waals surface area (Å²) in [5.41, 5.74) is 0. The van der Waals surface area contributed by atoms with Crippen LogP contribution >= 0.6 is 12.4 Å². The highest BCUT2D eigenvalue weighted by molar-refractivity contribution is 5.85. The molecule has 2 rings (SSSR count). The van der Waals surface area contributed by atoms with Crippen LogP contribution in [0.5, 0.6) is 0 Å². The average Bonchev–Trinajstić information content (AvgIpc) is 2.68. The summed E-state index contributed by atoms with van der Waals surface area (Å²) in [5, 5.41) is 8.82. The van der Waals surface area contributed by atoms with Gasteiger partial charge in [-0.3, -0.25) is 9.69 Å². The van der Waals surface area contributed by atoms with E-state index >= 15 is 0 Å². The topological polar surface area (TPSA) is 40.5 Å². The molecule has 12 heavy (non-hydrogen) atoms. The smallest absolute Gasteiger partial charge is 0.320 e. The second kappa shape index (κ2) is 3.62. The van der Waals surface area contributed by atoms with E-state index in [0.717, 1.165) is 19.4 Å². The van der Waals surface area contributed by atoms with E-state index in [4.69, 9.17) is 5.11 Å². The largest absolute Gasteiger partial charge is 0.480 e. The number of hydrogen-bond donors (Lipinski definition) is 1. The van der Waals surface area contributed by atoms with Gasteiger partial charge in [-0.2, -0.15) is 0 Å². The van der Waals surface area contributed by atoms with Gasteiger partial charge in [0, 0.05) is 6.04 Å². The van der Waals surface area contributed by atoms with E-state index in [-0.39, 0.29) is 18.4 Å². The van der Waals surface area contributed by atoms with Crippen LogP contribution in [-0.4, -0.2) is 34.6 Å². The lowest BCUT2D eigenvalue weighted by Crippen LogP contribution is -2.37. The standard InChI is InChI=1S/C8H13NO2.ClH/c10-8(11)7-2-1-5-9(7)6-3-4-6;/h6-7H,1-5H2,(H,10,11);1H. The Hall–Kier alpha value is -0.280. The predicted molar refractivity (Wildman–Crippen MR) is 47.6 cm³/mol. The molecule has 3 nitrogen and oxygen atoms in total. The summed E-state index contributed by atoms with van der Waals surface area (Å²) in [6.45, 7) is 1.00. The Labute approximate surface area is 78.2 Å². The summed E-state index contributed by atoms with van der Waals surface area (Å²) in [6, 6.07) is 0.445. The Kier molecular flexibility index (Phi) is 2.96. The molecule has 1 unspecified atom stereocenters. The molecule has 1 N–H and O–H groups in total. The Bertz CT molecular complexity index is 182. The van der Waals surface area contributed by atoms with E-state index in [2.05, 4.69) is 4.90 Å². The van der Waals surface area contributed by atoms with E-state index in [1.54, 1.807) is 0 Å². The van der Waals surface area contributed by atoms with Crippen molar-refractivity contribution in [1.82, 2.24) is 4.90 Å². The van der Waals surface area contributed by atoms with Gasteiger partial charge in [0.05, 0.1) is 0 Å². The monoisotopic (exact) mass is 191 g/mol. The highest BCUT2D eigenvalue weighted by Crippen LogP contribution is 2.33. The molecular formula is C8H14ClNO2. The van der Waals surface area contributed by atoms with Crippen LogP contribution < -0.4 is 0 Å². The van der Waals surface area contributed by atoms with Crippen molar-refractivity contribution in [1.29, 1.82) is 0 Å². The first-order chi connectivity index (χ1) is 5.29. The van der Waals surface area contributed by atoms with Gasteiger partial charge >= 0.3 is 5.97 Å². The maximum Gasteiger partial charge on any atom is 0.320 e. The van der Waals surface area contributed by atoms with Crippen LogP contribution in [0.4, 0.5) is 0 Å². The highest BCUT2D eigenvalue weighted by atomic mass is 35.5. The summed E-state index contributed by atoms with van der Waals surface area (Å²) in [4.78, 5) is 12.9. The third-order valence-corrected chi connectivity index (χ3v) is 2.60. The number of carboxylic acids is 1. The molecule has 1 saturated heterocycles. The molecule has 2 aliphatic rings. The Morgan fingerprint density at radius 2 is 2.00 bits per heavy atom. The second-order valence-corrected chi connectivity index (χ2v) is 3.47. The van der Waals surface area contributed by atoms with Gasteiger partial charge in [0.25, 0.3) is 0 Å². The van der Waals surface area contributed by atoms with Gasteiger partial charge in [0.15, 0.2) is 0 Å². The van der Waals surface area contributed by atoms with Crippen molar-refractivity contribution in [2.24, 2.45) is 0 Å². The van der Waals surface area contributed by atoms with E-state index in [0.29, 0.717) is 6.04 Å². The molecule has 2 fully saturated rings. The summed E-state index contributed by atoms with van der Waals surface area (Å²) >= 11 is 0. The Balaban J connectivity index is 0.000000720. The first-order valence-corrected chi connectivity index (χ1v) is 4.27. The lowest BCUT2D eigenvalue weighted by atomic mass is 10.2.